The highest BCUT2D eigenvalue weighted by Crippen LogP contribution is 2.21. The molecule has 0 aliphatic carbocycles. The van der Waals surface area contributed by atoms with Crippen molar-refractivity contribution < 1.29 is 29.3 Å². The molecule has 3 aromatic rings. The molecule has 3 rings (SSSR count). The van der Waals surface area contributed by atoms with Crippen LogP contribution in [0.3, 0.4) is 0 Å². The summed E-state index contributed by atoms with van der Waals surface area (Å²) >= 11 is 0. The molecule has 1 atom stereocenters. The Kier molecular flexibility index (Phi) is 8.62. The molecule has 0 unspecified atom stereocenters. The average Bonchev–Trinajstić information content (AvgIpc) is 2.83. The number of phenols is 1. The minimum Gasteiger partial charge on any atom is -0.508 e. The van der Waals surface area contributed by atoms with Gasteiger partial charge in [0.1, 0.15) is 24.9 Å². The number of aromatic hydroxyl groups is 1. The normalized spacial score (nSPS) is 11.3. The lowest BCUT2D eigenvalue weighted by atomic mass is 9.94. The maximum atomic E-state index is 12.7. The number of esters is 1. The highest BCUT2D eigenvalue weighted by Gasteiger charge is 2.23. The molecule has 0 saturated carbocycles. The number of carbonyl (C=O) groups excluding carboxylic acids is 2. The molecule has 0 heterocycles. The van der Waals surface area contributed by atoms with Crippen molar-refractivity contribution in [3.63, 3.8) is 0 Å². The molecule has 0 bridgehead atoms. The summed E-state index contributed by atoms with van der Waals surface area (Å²) in [5, 5.41) is 23.8. The first-order valence-electron chi connectivity index (χ1n) is 10.7. The second-order valence-corrected chi connectivity index (χ2v) is 7.69. The zero-order chi connectivity index (χ0) is 24.3. The molecular formula is C26H26N2O6. The fourth-order valence-electron chi connectivity index (χ4n) is 3.44. The third-order valence-corrected chi connectivity index (χ3v) is 5.12. The van der Waals surface area contributed by atoms with E-state index in [2.05, 4.69) is 10.6 Å². The number of rotatable bonds is 10. The topological polar surface area (TPSA) is 125 Å². The van der Waals surface area contributed by atoms with Crippen LogP contribution < -0.4 is 10.6 Å². The van der Waals surface area contributed by atoms with E-state index in [1.807, 2.05) is 60.7 Å². The molecule has 2 amide bonds. The van der Waals surface area contributed by atoms with E-state index in [1.165, 1.54) is 6.07 Å². The molecule has 0 radical (unpaired) electrons. The number of phenolic OH excluding ortho intramolecular Hbond substituents is 1. The van der Waals surface area contributed by atoms with Crippen LogP contribution in [-0.2, 0) is 33.8 Å². The Bertz CT molecular complexity index is 1120. The van der Waals surface area contributed by atoms with E-state index in [1.54, 1.807) is 12.1 Å². The summed E-state index contributed by atoms with van der Waals surface area (Å²) in [5.74, 6) is -1.22. The molecule has 8 nitrogen and oxygen atoms in total. The van der Waals surface area contributed by atoms with E-state index < -0.39 is 30.6 Å². The van der Waals surface area contributed by atoms with E-state index in [4.69, 9.17) is 4.74 Å². The molecule has 0 spiro atoms. The highest BCUT2D eigenvalue weighted by atomic mass is 16.5. The van der Waals surface area contributed by atoms with Crippen LogP contribution in [0.1, 0.15) is 22.3 Å². The summed E-state index contributed by atoms with van der Waals surface area (Å²) in [6.45, 7) is -0.321. The summed E-state index contributed by atoms with van der Waals surface area (Å²) in [5.41, 5.74) is 3.27. The van der Waals surface area contributed by atoms with E-state index >= 15 is 0 Å². The zero-order valence-electron chi connectivity index (χ0n) is 18.4. The summed E-state index contributed by atoms with van der Waals surface area (Å²) < 4.78 is 5.14. The van der Waals surface area contributed by atoms with Crippen LogP contribution in [0.2, 0.25) is 0 Å². The van der Waals surface area contributed by atoms with Crippen LogP contribution in [0, 0.1) is 0 Å². The summed E-state index contributed by atoms with van der Waals surface area (Å²) in [6, 6.07) is 22.3. The van der Waals surface area contributed by atoms with Crippen LogP contribution in [-0.4, -0.2) is 40.8 Å². The van der Waals surface area contributed by atoms with Crippen molar-refractivity contribution in [2.24, 2.45) is 0 Å². The fourth-order valence-corrected chi connectivity index (χ4v) is 3.44. The van der Waals surface area contributed by atoms with Gasteiger partial charge in [-0.1, -0.05) is 66.7 Å². The van der Waals surface area contributed by atoms with Crippen molar-refractivity contribution in [1.29, 1.82) is 0 Å². The smallest absolute Gasteiger partial charge is 0.405 e. The molecule has 3 aromatic carbocycles. The Morgan fingerprint density at radius 3 is 2.15 bits per heavy atom. The van der Waals surface area contributed by atoms with Crippen LogP contribution in [0.4, 0.5) is 4.79 Å². The Labute approximate surface area is 197 Å². The van der Waals surface area contributed by atoms with Gasteiger partial charge in [-0.15, -0.1) is 0 Å². The van der Waals surface area contributed by atoms with Crippen molar-refractivity contribution in [1.82, 2.24) is 10.6 Å². The fraction of sp³-hybridized carbons (Fsp3) is 0.192. The number of hydrogen-bond donors (Lipinski definition) is 4. The van der Waals surface area contributed by atoms with E-state index in [9.17, 15) is 24.6 Å². The molecule has 0 fully saturated rings. The molecule has 0 aromatic heterocycles. The summed E-state index contributed by atoms with van der Waals surface area (Å²) in [7, 11) is 0. The average molecular weight is 463 g/mol. The zero-order valence-corrected chi connectivity index (χ0v) is 18.4. The van der Waals surface area contributed by atoms with Gasteiger partial charge in [0.05, 0.1) is 0 Å². The minimum absolute atomic E-state index is 0.0413. The quantitative estimate of drug-likeness (QED) is 0.343. The molecule has 8 heteroatoms. The minimum atomic E-state index is -1.37. The van der Waals surface area contributed by atoms with Crippen molar-refractivity contribution in [2.45, 2.75) is 25.5 Å². The largest absolute Gasteiger partial charge is 0.508 e. The molecule has 0 aliphatic rings. The van der Waals surface area contributed by atoms with Crippen LogP contribution in [0.25, 0.3) is 0 Å². The molecular weight excluding hydrogens is 436 g/mol. The Morgan fingerprint density at radius 1 is 0.853 bits per heavy atom. The number of carbonyl (C=O) groups is 3. The van der Waals surface area contributed by atoms with Gasteiger partial charge in [0.15, 0.2) is 0 Å². The maximum absolute atomic E-state index is 12.7. The lowest BCUT2D eigenvalue weighted by molar-refractivity contribution is -0.145. The second kappa shape index (κ2) is 12.1. The highest BCUT2D eigenvalue weighted by molar-refractivity contribution is 5.88. The number of nitrogens with one attached hydrogen (secondary N) is 2. The molecule has 4 N–H and O–H groups in total. The van der Waals surface area contributed by atoms with E-state index in [0.29, 0.717) is 12.0 Å². The van der Waals surface area contributed by atoms with E-state index in [-0.39, 0.29) is 18.8 Å². The van der Waals surface area contributed by atoms with Crippen molar-refractivity contribution in [3.05, 3.63) is 101 Å². The predicted molar refractivity (Wildman–Crippen MR) is 125 cm³/mol. The van der Waals surface area contributed by atoms with Crippen molar-refractivity contribution >= 4 is 18.0 Å². The molecule has 176 valence electrons. The van der Waals surface area contributed by atoms with Gasteiger partial charge in [-0.25, -0.2) is 4.79 Å². The second-order valence-electron chi connectivity index (χ2n) is 7.69. The van der Waals surface area contributed by atoms with Crippen LogP contribution in [0.5, 0.6) is 5.75 Å². The monoisotopic (exact) mass is 462 g/mol. The van der Waals surface area contributed by atoms with Gasteiger partial charge in [0.25, 0.3) is 0 Å². The molecule has 0 saturated heterocycles. The van der Waals surface area contributed by atoms with Gasteiger partial charge >= 0.3 is 12.1 Å². The number of ether oxygens (including phenoxy) is 1. The summed E-state index contributed by atoms with van der Waals surface area (Å²) in [6.07, 6.45) is -0.826. The van der Waals surface area contributed by atoms with Crippen molar-refractivity contribution in [2.75, 3.05) is 6.54 Å². The third kappa shape index (κ3) is 7.67. The van der Waals surface area contributed by atoms with Gasteiger partial charge in [-0.05, 0) is 40.8 Å². The van der Waals surface area contributed by atoms with Gasteiger partial charge in [-0.3, -0.25) is 9.59 Å². The maximum Gasteiger partial charge on any atom is 0.405 e. The lowest BCUT2D eigenvalue weighted by Gasteiger charge is -2.19. The number of hydrogen-bond acceptors (Lipinski definition) is 5. The van der Waals surface area contributed by atoms with Crippen molar-refractivity contribution in [3.8, 4) is 5.75 Å². The Morgan fingerprint density at radius 2 is 1.50 bits per heavy atom. The Hall–Kier alpha value is -4.33. The number of carboxylic acid groups (broad SMARTS) is 1. The van der Waals surface area contributed by atoms with Gasteiger partial charge < -0.3 is 25.6 Å². The standard InChI is InChI=1S/C26H26N2O6/c29-22-12-11-20(21(14-22)13-18-7-3-1-4-8-18)15-23(28-26(32)33)25(31)27-16-24(30)34-17-19-9-5-2-6-10-19/h1-12,14,23,28-29H,13,15-17H2,(H,27,31)(H,32,33)/t23-/m0/s1. The SMILES string of the molecule is O=C(O)N[C@@H](Cc1ccc(O)cc1Cc1ccccc1)C(=O)NCC(=O)OCc1ccccc1. The van der Waals surface area contributed by atoms with Gasteiger partial charge in [-0.2, -0.15) is 0 Å². The lowest BCUT2D eigenvalue weighted by Crippen LogP contribution is -2.48. The summed E-state index contributed by atoms with van der Waals surface area (Å²) in [4.78, 5) is 36.0. The van der Waals surface area contributed by atoms with Gasteiger partial charge in [0.2, 0.25) is 5.91 Å². The molecule has 0 aliphatic heterocycles. The van der Waals surface area contributed by atoms with Crippen LogP contribution >= 0.6 is 0 Å². The Balaban J connectivity index is 1.64. The molecule has 34 heavy (non-hydrogen) atoms. The predicted octanol–water partition coefficient (Wildman–Crippen LogP) is 3.02. The number of amides is 2. The van der Waals surface area contributed by atoms with Gasteiger partial charge in [0, 0.05) is 6.42 Å². The van der Waals surface area contributed by atoms with E-state index in [0.717, 1.165) is 16.7 Å². The first-order valence-corrected chi connectivity index (χ1v) is 10.7. The first kappa shape index (κ1) is 24.3. The van der Waals surface area contributed by atoms with Crippen LogP contribution in [0.15, 0.2) is 78.9 Å². The number of benzene rings is 3. The third-order valence-electron chi connectivity index (χ3n) is 5.12. The first-order chi connectivity index (χ1) is 16.4.